The number of aryl methyl sites for hydroxylation is 3. The highest BCUT2D eigenvalue weighted by molar-refractivity contribution is 7.92. The maximum atomic E-state index is 13.1. The van der Waals surface area contributed by atoms with Crippen molar-refractivity contribution in [1.29, 1.82) is 0 Å². The van der Waals surface area contributed by atoms with Gasteiger partial charge in [-0.3, -0.25) is 9.69 Å². The zero-order valence-electron chi connectivity index (χ0n) is 18.0. The summed E-state index contributed by atoms with van der Waals surface area (Å²) < 4.78 is 26.6. The standard InChI is InChI=1S/C22H27N3O3S2/c1-15-6-8-18(9-7-15)30(27,28)14-21(26)25(11-10-24(4)5)22-23-19-12-16(2)17(3)13-20(19)29-22/h6-9,12-13H,10-11,14H2,1-5H3. The number of hydrogen-bond acceptors (Lipinski definition) is 6. The van der Waals surface area contributed by atoms with Gasteiger partial charge in [0.05, 0.1) is 15.1 Å². The van der Waals surface area contributed by atoms with E-state index in [1.54, 1.807) is 24.3 Å². The Labute approximate surface area is 182 Å². The molecule has 0 aliphatic heterocycles. The molecule has 0 saturated heterocycles. The minimum Gasteiger partial charge on any atom is -0.308 e. The number of aromatic nitrogens is 1. The van der Waals surface area contributed by atoms with Gasteiger partial charge in [-0.2, -0.15) is 0 Å². The van der Waals surface area contributed by atoms with Gasteiger partial charge in [0.2, 0.25) is 5.91 Å². The molecule has 0 radical (unpaired) electrons. The second-order valence-corrected chi connectivity index (χ2v) is 10.8. The maximum absolute atomic E-state index is 13.1. The third-order valence-electron chi connectivity index (χ3n) is 4.99. The largest absolute Gasteiger partial charge is 0.308 e. The van der Waals surface area contributed by atoms with Gasteiger partial charge in [0.1, 0.15) is 5.75 Å². The van der Waals surface area contributed by atoms with Crippen molar-refractivity contribution in [3.63, 3.8) is 0 Å². The molecule has 0 aliphatic rings. The first-order valence-corrected chi connectivity index (χ1v) is 12.2. The fourth-order valence-corrected chi connectivity index (χ4v) is 5.27. The first-order chi connectivity index (χ1) is 14.1. The van der Waals surface area contributed by atoms with E-state index in [0.717, 1.165) is 26.9 Å². The number of carbonyl (C=O) groups excluding carboxylic acids is 1. The van der Waals surface area contributed by atoms with E-state index < -0.39 is 21.5 Å². The average molecular weight is 446 g/mol. The number of hydrogen-bond donors (Lipinski definition) is 0. The molecule has 1 aromatic heterocycles. The molecule has 0 atom stereocenters. The van der Waals surface area contributed by atoms with Crippen molar-refractivity contribution >= 4 is 42.4 Å². The van der Waals surface area contributed by atoms with E-state index in [-0.39, 0.29) is 4.90 Å². The Kier molecular flexibility index (Phi) is 6.59. The lowest BCUT2D eigenvalue weighted by Crippen LogP contribution is -2.40. The van der Waals surface area contributed by atoms with Crippen LogP contribution in [0.25, 0.3) is 10.2 Å². The molecule has 0 fully saturated rings. The molecule has 1 amide bonds. The average Bonchev–Trinajstić information content (AvgIpc) is 3.04. The quantitative estimate of drug-likeness (QED) is 0.556. The number of anilines is 1. The van der Waals surface area contributed by atoms with E-state index in [2.05, 4.69) is 11.1 Å². The second-order valence-electron chi connectivity index (χ2n) is 7.82. The van der Waals surface area contributed by atoms with Gasteiger partial charge in [-0.25, -0.2) is 13.4 Å². The Bertz CT molecular complexity index is 1130. The van der Waals surface area contributed by atoms with Crippen LogP contribution < -0.4 is 4.90 Å². The van der Waals surface area contributed by atoms with Crippen LogP contribution in [0, 0.1) is 20.8 Å². The third kappa shape index (κ3) is 5.06. The molecule has 160 valence electrons. The fraction of sp³-hybridized carbons (Fsp3) is 0.364. The number of benzene rings is 2. The van der Waals surface area contributed by atoms with Crippen LogP contribution >= 0.6 is 11.3 Å². The van der Waals surface area contributed by atoms with Crippen LogP contribution in [0.15, 0.2) is 41.3 Å². The zero-order chi connectivity index (χ0) is 22.1. The molecule has 0 saturated carbocycles. The van der Waals surface area contributed by atoms with E-state index in [0.29, 0.717) is 18.2 Å². The molecular formula is C22H27N3O3S2. The summed E-state index contributed by atoms with van der Waals surface area (Å²) in [6.07, 6.45) is 0. The van der Waals surface area contributed by atoms with Crippen LogP contribution in [-0.2, 0) is 14.6 Å². The van der Waals surface area contributed by atoms with Gasteiger partial charge >= 0.3 is 0 Å². The van der Waals surface area contributed by atoms with Gasteiger partial charge in [0.15, 0.2) is 15.0 Å². The number of sulfone groups is 1. The summed E-state index contributed by atoms with van der Waals surface area (Å²) in [5, 5.41) is 0.529. The molecule has 8 heteroatoms. The highest BCUT2D eigenvalue weighted by Crippen LogP contribution is 2.31. The Morgan fingerprint density at radius 1 is 1.00 bits per heavy atom. The minimum absolute atomic E-state index is 0.157. The molecule has 0 aliphatic carbocycles. The Balaban J connectivity index is 1.93. The summed E-state index contributed by atoms with van der Waals surface area (Å²) in [5.41, 5.74) is 4.08. The number of thiazole rings is 1. The van der Waals surface area contributed by atoms with E-state index in [4.69, 9.17) is 0 Å². The lowest BCUT2D eigenvalue weighted by atomic mass is 10.1. The van der Waals surface area contributed by atoms with Crippen LogP contribution in [0.5, 0.6) is 0 Å². The molecule has 0 N–H and O–H groups in total. The highest BCUT2D eigenvalue weighted by Gasteiger charge is 2.26. The molecule has 2 aromatic carbocycles. The Hall–Kier alpha value is -2.29. The number of fused-ring (bicyclic) bond motifs is 1. The van der Waals surface area contributed by atoms with Crippen LogP contribution in [0.2, 0.25) is 0 Å². The van der Waals surface area contributed by atoms with Crippen molar-refractivity contribution < 1.29 is 13.2 Å². The summed E-state index contributed by atoms with van der Waals surface area (Å²) in [4.78, 5) is 21.4. The van der Waals surface area contributed by atoms with Crippen molar-refractivity contribution in [2.24, 2.45) is 0 Å². The Morgan fingerprint density at radius 2 is 1.63 bits per heavy atom. The normalized spacial score (nSPS) is 11.9. The number of nitrogens with zero attached hydrogens (tertiary/aromatic N) is 3. The highest BCUT2D eigenvalue weighted by atomic mass is 32.2. The van der Waals surface area contributed by atoms with Gasteiger partial charge in [-0.1, -0.05) is 29.0 Å². The molecule has 1 heterocycles. The lowest BCUT2D eigenvalue weighted by molar-refractivity contribution is -0.116. The smallest absolute Gasteiger partial charge is 0.244 e. The van der Waals surface area contributed by atoms with Crippen molar-refractivity contribution in [3.8, 4) is 0 Å². The first-order valence-electron chi connectivity index (χ1n) is 9.69. The lowest BCUT2D eigenvalue weighted by Gasteiger charge is -2.22. The van der Waals surface area contributed by atoms with Crippen molar-refractivity contribution in [2.45, 2.75) is 25.7 Å². The molecule has 0 spiro atoms. The van der Waals surface area contributed by atoms with E-state index in [9.17, 15) is 13.2 Å². The van der Waals surface area contributed by atoms with Crippen molar-refractivity contribution in [3.05, 3.63) is 53.1 Å². The molecule has 6 nitrogen and oxygen atoms in total. The molecule has 3 aromatic rings. The van der Waals surface area contributed by atoms with Crippen LogP contribution in [0.1, 0.15) is 16.7 Å². The number of likely N-dealkylation sites (N-methyl/N-ethyl adjacent to an activating group) is 1. The van der Waals surface area contributed by atoms with E-state index >= 15 is 0 Å². The van der Waals surface area contributed by atoms with E-state index in [1.165, 1.54) is 16.2 Å². The zero-order valence-corrected chi connectivity index (χ0v) is 19.6. The summed E-state index contributed by atoms with van der Waals surface area (Å²) in [6.45, 7) is 6.92. The van der Waals surface area contributed by atoms with Gasteiger partial charge in [0.25, 0.3) is 0 Å². The van der Waals surface area contributed by atoms with Gasteiger partial charge in [-0.05, 0) is 70.3 Å². The molecular weight excluding hydrogens is 418 g/mol. The monoisotopic (exact) mass is 445 g/mol. The predicted octanol–water partition coefficient (Wildman–Crippen LogP) is 3.59. The summed E-state index contributed by atoms with van der Waals surface area (Å²) in [6, 6.07) is 10.6. The van der Waals surface area contributed by atoms with Gasteiger partial charge in [0, 0.05) is 13.1 Å². The van der Waals surface area contributed by atoms with Crippen LogP contribution in [0.3, 0.4) is 0 Å². The van der Waals surface area contributed by atoms with Crippen LogP contribution in [0.4, 0.5) is 5.13 Å². The molecule has 30 heavy (non-hydrogen) atoms. The summed E-state index contributed by atoms with van der Waals surface area (Å²) in [7, 11) is 0.0876. The van der Waals surface area contributed by atoms with Gasteiger partial charge < -0.3 is 4.90 Å². The summed E-state index contributed by atoms with van der Waals surface area (Å²) >= 11 is 1.41. The van der Waals surface area contributed by atoms with Gasteiger partial charge in [-0.15, -0.1) is 0 Å². The van der Waals surface area contributed by atoms with Crippen molar-refractivity contribution in [2.75, 3.05) is 37.8 Å². The fourth-order valence-electron chi connectivity index (χ4n) is 2.98. The molecule has 0 bridgehead atoms. The SMILES string of the molecule is Cc1ccc(S(=O)(=O)CC(=O)N(CCN(C)C)c2nc3cc(C)c(C)cc3s2)cc1. The number of carbonyl (C=O) groups is 1. The summed E-state index contributed by atoms with van der Waals surface area (Å²) in [5.74, 6) is -1.05. The number of rotatable bonds is 7. The third-order valence-corrected chi connectivity index (χ3v) is 7.65. The first kappa shape index (κ1) is 22.4. The second kappa shape index (κ2) is 8.83. The maximum Gasteiger partial charge on any atom is 0.244 e. The Morgan fingerprint density at radius 3 is 2.27 bits per heavy atom. The topological polar surface area (TPSA) is 70.6 Å². The van der Waals surface area contributed by atoms with Crippen molar-refractivity contribution in [1.82, 2.24) is 9.88 Å². The molecule has 0 unspecified atom stereocenters. The predicted molar refractivity (Wildman–Crippen MR) is 123 cm³/mol. The van der Waals surface area contributed by atoms with E-state index in [1.807, 2.05) is 45.8 Å². The molecule has 3 rings (SSSR count). The minimum atomic E-state index is -3.74. The van der Waals surface area contributed by atoms with Crippen LogP contribution in [-0.4, -0.2) is 57.1 Å². The number of amides is 1.